The van der Waals surface area contributed by atoms with Crippen molar-refractivity contribution in [3.05, 3.63) is 24.3 Å². The van der Waals surface area contributed by atoms with Crippen LogP contribution < -0.4 is 15.2 Å². The average Bonchev–Trinajstić information content (AvgIpc) is 2.38. The summed E-state index contributed by atoms with van der Waals surface area (Å²) in [5.74, 6) is 1.58. The molecule has 0 aromatic heterocycles. The highest BCUT2D eigenvalue weighted by Gasteiger charge is 2.25. The van der Waals surface area contributed by atoms with E-state index < -0.39 is 0 Å². The first-order valence-electron chi connectivity index (χ1n) is 5.94. The second-order valence-corrected chi connectivity index (χ2v) is 4.21. The van der Waals surface area contributed by atoms with Gasteiger partial charge in [-0.05, 0) is 25.0 Å². The Morgan fingerprint density at radius 3 is 2.94 bits per heavy atom. The average molecular weight is 237 g/mol. The van der Waals surface area contributed by atoms with Gasteiger partial charge in [0, 0.05) is 19.8 Å². The summed E-state index contributed by atoms with van der Waals surface area (Å²) in [6.07, 6.45) is 1.75. The van der Waals surface area contributed by atoms with Gasteiger partial charge in [-0.25, -0.2) is 0 Å². The van der Waals surface area contributed by atoms with Gasteiger partial charge < -0.3 is 19.9 Å². The first-order chi connectivity index (χ1) is 8.31. The van der Waals surface area contributed by atoms with E-state index in [1.165, 1.54) is 0 Å². The van der Waals surface area contributed by atoms with Crippen molar-refractivity contribution < 1.29 is 14.2 Å². The maximum atomic E-state index is 6.09. The minimum atomic E-state index is -0.0678. The number of hydrogen-bond acceptors (Lipinski definition) is 4. The molecule has 2 N–H and O–H groups in total. The second-order valence-electron chi connectivity index (χ2n) is 4.21. The molecule has 0 saturated heterocycles. The Morgan fingerprint density at radius 1 is 1.41 bits per heavy atom. The highest BCUT2D eigenvalue weighted by molar-refractivity contribution is 5.40. The number of hydrogen-bond donors (Lipinski definition) is 1. The predicted octanol–water partition coefficient (Wildman–Crippen LogP) is 1.58. The Balaban J connectivity index is 1.88. The van der Waals surface area contributed by atoms with Gasteiger partial charge in [-0.1, -0.05) is 12.1 Å². The van der Waals surface area contributed by atoms with Gasteiger partial charge in [-0.2, -0.15) is 0 Å². The monoisotopic (exact) mass is 237 g/mol. The normalized spacial score (nSPS) is 20.0. The Hall–Kier alpha value is -1.26. The van der Waals surface area contributed by atoms with E-state index in [2.05, 4.69) is 0 Å². The third-order valence-corrected chi connectivity index (χ3v) is 2.89. The molecule has 0 fully saturated rings. The van der Waals surface area contributed by atoms with Crippen LogP contribution in [-0.2, 0) is 4.74 Å². The highest BCUT2D eigenvalue weighted by Crippen LogP contribution is 2.31. The number of fused-ring (bicyclic) bond motifs is 1. The van der Waals surface area contributed by atoms with Crippen LogP contribution in [0.15, 0.2) is 24.3 Å². The lowest BCUT2D eigenvalue weighted by atomic mass is 10.1. The minimum absolute atomic E-state index is 0.0153. The maximum absolute atomic E-state index is 6.09. The molecule has 1 aliphatic rings. The van der Waals surface area contributed by atoms with Gasteiger partial charge >= 0.3 is 0 Å². The summed E-state index contributed by atoms with van der Waals surface area (Å²) >= 11 is 0. The molecular weight excluding hydrogens is 218 g/mol. The van der Waals surface area contributed by atoms with E-state index in [1.54, 1.807) is 7.11 Å². The molecular formula is C13H19NO3. The van der Waals surface area contributed by atoms with Crippen molar-refractivity contribution >= 4 is 0 Å². The number of benzene rings is 1. The first-order valence-corrected chi connectivity index (χ1v) is 5.94. The SMILES string of the molecule is COCCCC(N)C1COc2ccccc2O1. The molecule has 94 valence electrons. The van der Waals surface area contributed by atoms with Crippen molar-refractivity contribution in [3.8, 4) is 11.5 Å². The fraction of sp³-hybridized carbons (Fsp3) is 0.538. The van der Waals surface area contributed by atoms with E-state index in [0.29, 0.717) is 6.61 Å². The van der Waals surface area contributed by atoms with Crippen molar-refractivity contribution in [2.24, 2.45) is 5.73 Å². The van der Waals surface area contributed by atoms with Crippen molar-refractivity contribution in [2.75, 3.05) is 20.3 Å². The van der Waals surface area contributed by atoms with Crippen molar-refractivity contribution in [2.45, 2.75) is 25.0 Å². The van der Waals surface area contributed by atoms with E-state index in [4.69, 9.17) is 19.9 Å². The number of ether oxygens (including phenoxy) is 3. The van der Waals surface area contributed by atoms with Gasteiger partial charge in [-0.15, -0.1) is 0 Å². The lowest BCUT2D eigenvalue weighted by Crippen LogP contribution is -2.44. The van der Waals surface area contributed by atoms with Gasteiger partial charge in [0.2, 0.25) is 0 Å². The fourth-order valence-electron chi connectivity index (χ4n) is 1.90. The largest absolute Gasteiger partial charge is 0.486 e. The third kappa shape index (κ3) is 3.11. The van der Waals surface area contributed by atoms with E-state index in [-0.39, 0.29) is 12.1 Å². The van der Waals surface area contributed by atoms with Crippen LogP contribution in [0.1, 0.15) is 12.8 Å². The summed E-state index contributed by atoms with van der Waals surface area (Å²) in [6, 6.07) is 7.66. The van der Waals surface area contributed by atoms with Crippen LogP contribution in [0, 0.1) is 0 Å². The third-order valence-electron chi connectivity index (χ3n) is 2.89. The van der Waals surface area contributed by atoms with E-state index in [0.717, 1.165) is 30.9 Å². The Morgan fingerprint density at radius 2 is 2.18 bits per heavy atom. The van der Waals surface area contributed by atoms with Gasteiger partial charge in [-0.3, -0.25) is 0 Å². The van der Waals surface area contributed by atoms with Crippen LogP contribution in [0.2, 0.25) is 0 Å². The molecule has 0 saturated carbocycles. The Bertz CT molecular complexity index is 356. The molecule has 4 heteroatoms. The van der Waals surface area contributed by atoms with Crippen molar-refractivity contribution in [1.29, 1.82) is 0 Å². The van der Waals surface area contributed by atoms with Crippen LogP contribution in [0.25, 0.3) is 0 Å². The lowest BCUT2D eigenvalue weighted by molar-refractivity contribution is 0.0671. The van der Waals surface area contributed by atoms with Crippen LogP contribution >= 0.6 is 0 Å². The number of nitrogens with two attached hydrogens (primary N) is 1. The van der Waals surface area contributed by atoms with Gasteiger partial charge in [0.05, 0.1) is 0 Å². The second kappa shape index (κ2) is 5.89. The molecule has 0 radical (unpaired) electrons. The van der Waals surface area contributed by atoms with Crippen molar-refractivity contribution in [1.82, 2.24) is 0 Å². The Labute approximate surface area is 102 Å². The molecule has 1 heterocycles. The zero-order valence-corrected chi connectivity index (χ0v) is 10.1. The van der Waals surface area contributed by atoms with Crippen LogP contribution in [0.5, 0.6) is 11.5 Å². The topological polar surface area (TPSA) is 53.7 Å². The van der Waals surface area contributed by atoms with Crippen LogP contribution in [0.3, 0.4) is 0 Å². The molecule has 4 nitrogen and oxygen atoms in total. The summed E-state index contributed by atoms with van der Waals surface area (Å²) < 4.78 is 16.5. The smallest absolute Gasteiger partial charge is 0.161 e. The van der Waals surface area contributed by atoms with Crippen LogP contribution in [-0.4, -0.2) is 32.5 Å². The fourth-order valence-corrected chi connectivity index (χ4v) is 1.90. The molecule has 2 atom stereocenters. The molecule has 0 amide bonds. The molecule has 1 aromatic rings. The van der Waals surface area contributed by atoms with E-state index in [1.807, 2.05) is 24.3 Å². The zero-order chi connectivity index (χ0) is 12.1. The molecule has 17 heavy (non-hydrogen) atoms. The molecule has 1 aromatic carbocycles. The minimum Gasteiger partial charge on any atom is -0.486 e. The zero-order valence-electron chi connectivity index (χ0n) is 10.1. The standard InChI is InChI=1S/C13H19NO3/c1-15-8-4-5-10(14)13-9-16-11-6-2-3-7-12(11)17-13/h2-3,6-7,10,13H,4-5,8-9,14H2,1H3. The predicted molar refractivity (Wildman–Crippen MR) is 65.4 cm³/mol. The van der Waals surface area contributed by atoms with Crippen LogP contribution in [0.4, 0.5) is 0 Å². The first kappa shape index (κ1) is 12.2. The number of methoxy groups -OCH3 is 1. The van der Waals surface area contributed by atoms with Gasteiger partial charge in [0.15, 0.2) is 11.5 Å². The van der Waals surface area contributed by atoms with E-state index in [9.17, 15) is 0 Å². The maximum Gasteiger partial charge on any atom is 0.161 e. The molecule has 0 aliphatic carbocycles. The molecule has 0 spiro atoms. The highest BCUT2D eigenvalue weighted by atomic mass is 16.6. The quantitative estimate of drug-likeness (QED) is 0.790. The number of rotatable bonds is 5. The summed E-state index contributed by atoms with van der Waals surface area (Å²) in [7, 11) is 1.70. The van der Waals surface area contributed by atoms with Crippen molar-refractivity contribution in [3.63, 3.8) is 0 Å². The molecule has 2 rings (SSSR count). The summed E-state index contributed by atoms with van der Waals surface area (Å²) in [5, 5.41) is 0. The summed E-state index contributed by atoms with van der Waals surface area (Å²) in [5.41, 5.74) is 6.09. The molecule has 0 bridgehead atoms. The summed E-state index contributed by atoms with van der Waals surface area (Å²) in [6.45, 7) is 1.25. The number of para-hydroxylation sites is 2. The molecule has 2 unspecified atom stereocenters. The summed E-state index contributed by atoms with van der Waals surface area (Å²) in [4.78, 5) is 0. The van der Waals surface area contributed by atoms with Gasteiger partial charge in [0.25, 0.3) is 0 Å². The van der Waals surface area contributed by atoms with E-state index >= 15 is 0 Å². The Kier molecular flexibility index (Phi) is 4.23. The molecule has 1 aliphatic heterocycles. The van der Waals surface area contributed by atoms with Gasteiger partial charge in [0.1, 0.15) is 12.7 Å². The lowest BCUT2D eigenvalue weighted by Gasteiger charge is -2.30.